The molecular formula is C10H12ClN5O2. The topological polar surface area (TPSA) is 75.0 Å². The number of methoxy groups -OCH3 is 1. The number of aromatic nitrogens is 5. The van der Waals surface area contributed by atoms with Gasteiger partial charge in [-0.25, -0.2) is 4.68 Å². The molecule has 0 N–H and O–H groups in total. The Hall–Kier alpha value is -1.73. The molecule has 0 unspecified atom stereocenters. The summed E-state index contributed by atoms with van der Waals surface area (Å²) in [6.07, 6.45) is 4.08. The molecular weight excluding hydrogens is 258 g/mol. The Kier molecular flexibility index (Phi) is 4.43. The molecule has 0 aliphatic heterocycles. The van der Waals surface area contributed by atoms with E-state index < -0.39 is 0 Å². The zero-order valence-electron chi connectivity index (χ0n) is 9.78. The van der Waals surface area contributed by atoms with Gasteiger partial charge in [0.2, 0.25) is 5.28 Å². The Morgan fingerprint density at radius 1 is 1.28 bits per heavy atom. The molecule has 2 aromatic rings. The number of ether oxygens (including phenoxy) is 2. The van der Waals surface area contributed by atoms with E-state index in [4.69, 9.17) is 21.1 Å². The van der Waals surface area contributed by atoms with Crippen LogP contribution >= 0.6 is 11.6 Å². The summed E-state index contributed by atoms with van der Waals surface area (Å²) in [5, 5.41) is 4.08. The lowest BCUT2D eigenvalue weighted by Crippen LogP contribution is -2.08. The fraction of sp³-hybridized carbons (Fsp3) is 0.400. The van der Waals surface area contributed by atoms with Gasteiger partial charge in [0.25, 0.3) is 5.95 Å². The van der Waals surface area contributed by atoms with E-state index in [-0.39, 0.29) is 11.3 Å². The molecule has 0 spiro atoms. The van der Waals surface area contributed by atoms with E-state index in [0.29, 0.717) is 19.2 Å². The molecule has 2 heterocycles. The molecule has 0 bridgehead atoms. The predicted octanol–water partition coefficient (Wildman–Crippen LogP) is 1.13. The van der Waals surface area contributed by atoms with Crippen LogP contribution < -0.4 is 4.74 Å². The fourth-order valence-electron chi connectivity index (χ4n) is 1.24. The van der Waals surface area contributed by atoms with Crippen LogP contribution in [-0.2, 0) is 4.74 Å². The first kappa shape index (κ1) is 12.7. The molecule has 2 aromatic heterocycles. The number of hydrogen-bond acceptors (Lipinski definition) is 6. The van der Waals surface area contributed by atoms with Crippen molar-refractivity contribution in [3.8, 4) is 12.0 Å². The van der Waals surface area contributed by atoms with E-state index in [1.54, 1.807) is 25.6 Å². The molecule has 8 heteroatoms. The molecule has 0 aliphatic carbocycles. The average molecular weight is 270 g/mol. The average Bonchev–Trinajstić information content (AvgIpc) is 2.88. The summed E-state index contributed by atoms with van der Waals surface area (Å²) in [6.45, 7) is 1.07. The highest BCUT2D eigenvalue weighted by Gasteiger charge is 2.07. The summed E-state index contributed by atoms with van der Waals surface area (Å²) in [5.41, 5.74) is 0. The molecule has 0 atom stereocenters. The first-order chi connectivity index (χ1) is 8.79. The maximum Gasteiger partial charge on any atom is 0.322 e. The van der Waals surface area contributed by atoms with Crippen LogP contribution in [0.2, 0.25) is 5.28 Å². The largest absolute Gasteiger partial charge is 0.463 e. The van der Waals surface area contributed by atoms with Crippen molar-refractivity contribution in [1.29, 1.82) is 0 Å². The van der Waals surface area contributed by atoms with Crippen molar-refractivity contribution in [3.63, 3.8) is 0 Å². The van der Waals surface area contributed by atoms with Crippen LogP contribution in [0.1, 0.15) is 6.42 Å². The molecule has 18 heavy (non-hydrogen) atoms. The summed E-state index contributed by atoms with van der Waals surface area (Å²) in [6, 6.07) is 1.94. The lowest BCUT2D eigenvalue weighted by molar-refractivity contribution is 0.168. The minimum atomic E-state index is 0.0669. The van der Waals surface area contributed by atoms with E-state index in [2.05, 4.69) is 20.1 Å². The van der Waals surface area contributed by atoms with Crippen LogP contribution in [0.15, 0.2) is 18.5 Å². The summed E-state index contributed by atoms with van der Waals surface area (Å²) in [5.74, 6) is 0.321. The van der Waals surface area contributed by atoms with Crippen molar-refractivity contribution in [2.75, 3.05) is 20.3 Å². The quantitative estimate of drug-likeness (QED) is 0.732. The summed E-state index contributed by atoms with van der Waals surface area (Å²) in [7, 11) is 1.63. The molecule has 0 amide bonds. The minimum Gasteiger partial charge on any atom is -0.463 e. The second kappa shape index (κ2) is 6.27. The lowest BCUT2D eigenvalue weighted by Gasteiger charge is -2.05. The Balaban J connectivity index is 2.07. The molecule has 0 fully saturated rings. The third-order valence-corrected chi connectivity index (χ3v) is 2.18. The maximum atomic E-state index is 5.80. The van der Waals surface area contributed by atoms with Gasteiger partial charge in [-0.15, -0.1) is 0 Å². The molecule has 0 aliphatic rings. The molecule has 0 saturated heterocycles. The lowest BCUT2D eigenvalue weighted by atomic mass is 10.5. The van der Waals surface area contributed by atoms with Gasteiger partial charge in [-0.3, -0.25) is 0 Å². The number of rotatable bonds is 6. The number of halogens is 1. The van der Waals surface area contributed by atoms with Crippen molar-refractivity contribution >= 4 is 11.6 Å². The minimum absolute atomic E-state index is 0.0669. The van der Waals surface area contributed by atoms with E-state index in [9.17, 15) is 0 Å². The highest BCUT2D eigenvalue weighted by molar-refractivity contribution is 6.28. The Bertz CT molecular complexity index is 491. The van der Waals surface area contributed by atoms with E-state index in [0.717, 1.165) is 6.42 Å². The Labute approximate surface area is 109 Å². The van der Waals surface area contributed by atoms with Gasteiger partial charge in [-0.2, -0.15) is 20.1 Å². The van der Waals surface area contributed by atoms with Crippen LogP contribution in [0.4, 0.5) is 0 Å². The molecule has 0 saturated carbocycles. The molecule has 0 aromatic carbocycles. The first-order valence-electron chi connectivity index (χ1n) is 5.33. The van der Waals surface area contributed by atoms with Crippen LogP contribution in [0, 0.1) is 0 Å². The highest BCUT2D eigenvalue weighted by Crippen LogP contribution is 2.10. The van der Waals surface area contributed by atoms with Gasteiger partial charge < -0.3 is 9.47 Å². The summed E-state index contributed by atoms with van der Waals surface area (Å²) < 4.78 is 11.8. The van der Waals surface area contributed by atoms with Crippen LogP contribution in [0.25, 0.3) is 5.95 Å². The third kappa shape index (κ3) is 3.38. The number of nitrogens with zero attached hydrogens (tertiary/aromatic N) is 5. The zero-order valence-corrected chi connectivity index (χ0v) is 10.5. The van der Waals surface area contributed by atoms with Gasteiger partial charge in [-0.1, -0.05) is 0 Å². The standard InChI is InChI=1S/C10H12ClN5O2/c1-17-6-3-7-18-10-14-8(11)13-9(15-10)16-5-2-4-12-16/h2,4-5H,3,6-7H2,1H3. The molecule has 7 nitrogen and oxygen atoms in total. The number of hydrogen-bond donors (Lipinski definition) is 0. The summed E-state index contributed by atoms with van der Waals surface area (Å²) in [4.78, 5) is 11.9. The van der Waals surface area contributed by atoms with Crippen molar-refractivity contribution < 1.29 is 9.47 Å². The van der Waals surface area contributed by atoms with E-state index >= 15 is 0 Å². The van der Waals surface area contributed by atoms with Crippen molar-refractivity contribution in [1.82, 2.24) is 24.7 Å². The molecule has 96 valence electrons. The maximum absolute atomic E-state index is 5.80. The van der Waals surface area contributed by atoms with Crippen molar-refractivity contribution in [3.05, 3.63) is 23.7 Å². The smallest absolute Gasteiger partial charge is 0.322 e. The van der Waals surface area contributed by atoms with Gasteiger partial charge >= 0.3 is 6.01 Å². The second-order valence-electron chi connectivity index (χ2n) is 3.33. The van der Waals surface area contributed by atoms with E-state index in [1.807, 2.05) is 0 Å². The van der Waals surface area contributed by atoms with Gasteiger partial charge in [0, 0.05) is 32.5 Å². The van der Waals surface area contributed by atoms with Crippen LogP contribution in [0.3, 0.4) is 0 Å². The second-order valence-corrected chi connectivity index (χ2v) is 3.67. The van der Waals surface area contributed by atoms with Gasteiger partial charge in [0.1, 0.15) is 0 Å². The highest BCUT2D eigenvalue weighted by atomic mass is 35.5. The van der Waals surface area contributed by atoms with Gasteiger partial charge in [0.05, 0.1) is 6.61 Å². The van der Waals surface area contributed by atoms with Gasteiger partial charge in [-0.05, 0) is 17.7 Å². The normalized spacial score (nSPS) is 10.6. The SMILES string of the molecule is COCCCOc1nc(Cl)nc(-n2cccn2)n1. The molecule has 0 radical (unpaired) electrons. The Morgan fingerprint density at radius 2 is 2.17 bits per heavy atom. The Morgan fingerprint density at radius 3 is 2.89 bits per heavy atom. The zero-order chi connectivity index (χ0) is 12.8. The van der Waals surface area contributed by atoms with Crippen LogP contribution in [0.5, 0.6) is 6.01 Å². The van der Waals surface area contributed by atoms with Crippen molar-refractivity contribution in [2.45, 2.75) is 6.42 Å². The third-order valence-electron chi connectivity index (χ3n) is 2.01. The van der Waals surface area contributed by atoms with E-state index in [1.165, 1.54) is 4.68 Å². The monoisotopic (exact) mass is 269 g/mol. The van der Waals surface area contributed by atoms with Crippen LogP contribution in [-0.4, -0.2) is 45.1 Å². The van der Waals surface area contributed by atoms with Crippen molar-refractivity contribution in [2.24, 2.45) is 0 Å². The predicted molar refractivity (Wildman–Crippen MR) is 63.9 cm³/mol. The van der Waals surface area contributed by atoms with Gasteiger partial charge in [0.15, 0.2) is 0 Å². The molecule has 2 rings (SSSR count). The first-order valence-corrected chi connectivity index (χ1v) is 5.70. The fourth-order valence-corrected chi connectivity index (χ4v) is 1.39. The summed E-state index contributed by atoms with van der Waals surface area (Å²) >= 11 is 5.80.